The summed E-state index contributed by atoms with van der Waals surface area (Å²) in [6.07, 6.45) is 6.78. The second kappa shape index (κ2) is 4.96. The molecule has 0 aromatic heterocycles. The first kappa shape index (κ1) is 13.0. The molecule has 0 amide bonds. The summed E-state index contributed by atoms with van der Waals surface area (Å²) in [4.78, 5) is 12.4. The van der Waals surface area contributed by atoms with Gasteiger partial charge in [-0.05, 0) is 46.9 Å². The molecule has 0 unspecified atom stereocenters. The van der Waals surface area contributed by atoms with Crippen molar-refractivity contribution in [3.8, 4) is 0 Å². The van der Waals surface area contributed by atoms with Crippen molar-refractivity contribution < 1.29 is 4.79 Å². The van der Waals surface area contributed by atoms with Crippen LogP contribution in [0, 0.1) is 6.92 Å². The molecule has 4 rings (SSSR count). The Labute approximate surface area is 130 Å². The first-order valence-corrected chi connectivity index (χ1v) is 7.54. The second-order valence-corrected chi connectivity index (χ2v) is 5.93. The molecule has 1 nitrogen and oxygen atoms in total. The number of hydrogen-bond donors (Lipinski definition) is 0. The molecule has 0 spiro atoms. The van der Waals surface area contributed by atoms with Crippen LogP contribution in [-0.2, 0) is 4.79 Å². The van der Waals surface area contributed by atoms with E-state index in [1.807, 2.05) is 18.2 Å². The van der Waals surface area contributed by atoms with Crippen molar-refractivity contribution >= 4 is 23.5 Å². The van der Waals surface area contributed by atoms with Crippen LogP contribution in [0.2, 0.25) is 0 Å². The molecule has 0 saturated carbocycles. The molecule has 0 heterocycles. The fourth-order valence-electron chi connectivity index (χ4n) is 3.12. The fourth-order valence-corrected chi connectivity index (χ4v) is 3.12. The molecule has 0 atom stereocenters. The lowest BCUT2D eigenvalue weighted by atomic mass is 9.88. The largest absolute Gasteiger partial charge is 0.294 e. The van der Waals surface area contributed by atoms with E-state index in [0.29, 0.717) is 6.42 Å². The van der Waals surface area contributed by atoms with Crippen molar-refractivity contribution in [3.63, 3.8) is 0 Å². The molecule has 2 aromatic carbocycles. The number of aryl methyl sites for hydroxylation is 1. The fraction of sp³-hybridized carbons (Fsp3) is 0.0952. The van der Waals surface area contributed by atoms with Gasteiger partial charge in [-0.1, -0.05) is 60.2 Å². The Kier molecular flexibility index (Phi) is 2.93. The van der Waals surface area contributed by atoms with Crippen molar-refractivity contribution in [2.45, 2.75) is 13.3 Å². The van der Waals surface area contributed by atoms with E-state index >= 15 is 0 Å². The van der Waals surface area contributed by atoms with Crippen LogP contribution in [0.15, 0.2) is 65.8 Å². The maximum absolute atomic E-state index is 12.4. The van der Waals surface area contributed by atoms with Crippen LogP contribution in [0.4, 0.5) is 0 Å². The molecule has 1 heteroatoms. The smallest absolute Gasteiger partial charge is 0.167 e. The maximum atomic E-state index is 12.4. The molecule has 0 bridgehead atoms. The Morgan fingerprint density at radius 2 is 1.68 bits per heavy atom. The third kappa shape index (κ3) is 2.15. The van der Waals surface area contributed by atoms with E-state index in [1.54, 1.807) is 0 Å². The molecule has 106 valence electrons. The van der Waals surface area contributed by atoms with Gasteiger partial charge in [0.1, 0.15) is 0 Å². The molecule has 0 saturated heterocycles. The van der Waals surface area contributed by atoms with E-state index in [1.165, 1.54) is 11.1 Å². The zero-order valence-corrected chi connectivity index (χ0v) is 12.5. The highest BCUT2D eigenvalue weighted by molar-refractivity contribution is 6.20. The molecule has 0 radical (unpaired) electrons. The maximum Gasteiger partial charge on any atom is 0.167 e. The van der Waals surface area contributed by atoms with Crippen molar-refractivity contribution in [1.29, 1.82) is 0 Å². The van der Waals surface area contributed by atoms with Crippen LogP contribution in [0.25, 0.3) is 17.7 Å². The van der Waals surface area contributed by atoms with Crippen molar-refractivity contribution in [2.24, 2.45) is 0 Å². The van der Waals surface area contributed by atoms with Gasteiger partial charge in [-0.3, -0.25) is 4.79 Å². The van der Waals surface area contributed by atoms with Gasteiger partial charge < -0.3 is 0 Å². The third-order valence-corrected chi connectivity index (χ3v) is 4.27. The molecule has 2 aliphatic rings. The Hall–Kier alpha value is -2.67. The lowest BCUT2D eigenvalue weighted by Gasteiger charge is -2.14. The average molecular weight is 284 g/mol. The summed E-state index contributed by atoms with van der Waals surface area (Å²) in [5.41, 5.74) is 7.72. The molecule has 22 heavy (non-hydrogen) atoms. The monoisotopic (exact) mass is 284 g/mol. The Morgan fingerprint density at radius 3 is 2.50 bits per heavy atom. The SMILES string of the molecule is Cc1ccc(C=C2C=C3C(=Cc4ccccc43)C(=O)C2)cc1. The highest BCUT2D eigenvalue weighted by Crippen LogP contribution is 2.40. The Balaban J connectivity index is 1.79. The van der Waals surface area contributed by atoms with E-state index < -0.39 is 0 Å². The third-order valence-electron chi connectivity index (χ3n) is 4.27. The van der Waals surface area contributed by atoms with Gasteiger partial charge in [0.25, 0.3) is 0 Å². The lowest BCUT2D eigenvalue weighted by Crippen LogP contribution is -2.08. The number of carbonyl (C=O) groups excluding carboxylic acids is 1. The van der Waals surface area contributed by atoms with E-state index in [0.717, 1.165) is 27.8 Å². The molecular weight excluding hydrogens is 268 g/mol. The zero-order chi connectivity index (χ0) is 15.1. The minimum atomic E-state index is 0.215. The van der Waals surface area contributed by atoms with Gasteiger partial charge in [0, 0.05) is 12.0 Å². The normalized spacial score (nSPS) is 17.9. The number of Topliss-reactive ketones (excluding diaryl/α,β-unsaturated/α-hetero) is 1. The number of hydrogen-bond acceptors (Lipinski definition) is 1. The van der Waals surface area contributed by atoms with Gasteiger partial charge in [0.05, 0.1) is 0 Å². The van der Waals surface area contributed by atoms with Crippen molar-refractivity contribution in [1.82, 2.24) is 0 Å². The van der Waals surface area contributed by atoms with Crippen LogP contribution in [0.1, 0.15) is 28.7 Å². The predicted octanol–water partition coefficient (Wildman–Crippen LogP) is 4.83. The highest BCUT2D eigenvalue weighted by atomic mass is 16.1. The number of rotatable bonds is 1. The molecule has 2 aliphatic carbocycles. The molecular formula is C21H16O. The van der Waals surface area contributed by atoms with Crippen LogP contribution in [0.5, 0.6) is 0 Å². The molecule has 0 N–H and O–H groups in total. The lowest BCUT2D eigenvalue weighted by molar-refractivity contribution is -0.114. The first-order chi connectivity index (χ1) is 10.7. The zero-order valence-electron chi connectivity index (χ0n) is 12.5. The first-order valence-electron chi connectivity index (χ1n) is 7.54. The van der Waals surface area contributed by atoms with Crippen LogP contribution >= 0.6 is 0 Å². The summed E-state index contributed by atoms with van der Waals surface area (Å²) >= 11 is 0. The molecule has 0 aliphatic heterocycles. The summed E-state index contributed by atoms with van der Waals surface area (Å²) in [6, 6.07) is 16.6. The standard InChI is InChI=1S/C21H16O/c1-14-6-8-15(9-7-14)10-16-11-19-18-5-3-2-4-17(18)13-20(19)21(22)12-16/h2-11,13H,12H2,1H3. The van der Waals surface area contributed by atoms with Crippen LogP contribution in [-0.4, -0.2) is 5.78 Å². The van der Waals surface area contributed by atoms with Crippen molar-refractivity contribution in [2.75, 3.05) is 0 Å². The van der Waals surface area contributed by atoms with Gasteiger partial charge >= 0.3 is 0 Å². The van der Waals surface area contributed by atoms with Gasteiger partial charge in [-0.2, -0.15) is 0 Å². The molecule has 2 aromatic rings. The Morgan fingerprint density at radius 1 is 0.909 bits per heavy atom. The van der Waals surface area contributed by atoms with Gasteiger partial charge in [0.2, 0.25) is 0 Å². The summed E-state index contributed by atoms with van der Waals surface area (Å²) in [6.45, 7) is 2.08. The second-order valence-electron chi connectivity index (χ2n) is 5.93. The van der Waals surface area contributed by atoms with E-state index in [4.69, 9.17) is 0 Å². The van der Waals surface area contributed by atoms with E-state index in [9.17, 15) is 4.79 Å². The Bertz CT molecular complexity index is 861. The van der Waals surface area contributed by atoms with Crippen LogP contribution in [0.3, 0.4) is 0 Å². The number of carbonyl (C=O) groups is 1. The quantitative estimate of drug-likeness (QED) is 0.733. The minimum absolute atomic E-state index is 0.215. The van der Waals surface area contributed by atoms with Gasteiger partial charge in [-0.25, -0.2) is 0 Å². The number of ketones is 1. The molecule has 0 fully saturated rings. The van der Waals surface area contributed by atoms with E-state index in [2.05, 4.69) is 55.5 Å². The van der Waals surface area contributed by atoms with Gasteiger partial charge in [-0.15, -0.1) is 0 Å². The number of allylic oxidation sites excluding steroid dienone is 4. The minimum Gasteiger partial charge on any atom is -0.294 e. The van der Waals surface area contributed by atoms with Gasteiger partial charge in [0.15, 0.2) is 5.78 Å². The summed E-state index contributed by atoms with van der Waals surface area (Å²) in [7, 11) is 0. The number of fused-ring (bicyclic) bond motifs is 3. The van der Waals surface area contributed by atoms with Crippen LogP contribution < -0.4 is 0 Å². The predicted molar refractivity (Wildman–Crippen MR) is 91.2 cm³/mol. The summed E-state index contributed by atoms with van der Waals surface area (Å²) in [5.74, 6) is 0.215. The number of benzene rings is 2. The average Bonchev–Trinajstić information content (AvgIpc) is 2.89. The highest BCUT2D eigenvalue weighted by Gasteiger charge is 2.27. The topological polar surface area (TPSA) is 17.1 Å². The summed E-state index contributed by atoms with van der Waals surface area (Å²) in [5, 5.41) is 0. The van der Waals surface area contributed by atoms with Crippen molar-refractivity contribution in [3.05, 3.63) is 88.0 Å². The van der Waals surface area contributed by atoms with E-state index in [-0.39, 0.29) is 5.78 Å². The summed E-state index contributed by atoms with van der Waals surface area (Å²) < 4.78 is 0.